The number of hydrogen-bond acceptors (Lipinski definition) is 3. The van der Waals surface area contributed by atoms with Crippen LogP contribution in [0.15, 0.2) is 12.7 Å². The van der Waals surface area contributed by atoms with Crippen LogP contribution >= 0.6 is 0 Å². The van der Waals surface area contributed by atoms with Crippen molar-refractivity contribution in [3.05, 3.63) is 12.7 Å². The summed E-state index contributed by atoms with van der Waals surface area (Å²) in [5.74, 6) is 1.44. The zero-order valence-corrected chi connectivity index (χ0v) is 9.81. The summed E-state index contributed by atoms with van der Waals surface area (Å²) in [6.07, 6.45) is 3.64. The van der Waals surface area contributed by atoms with Gasteiger partial charge in [-0.3, -0.25) is 0 Å². The monoisotopic (exact) mass is 222 g/mol. The van der Waals surface area contributed by atoms with Crippen LogP contribution in [0.3, 0.4) is 0 Å². The molecule has 1 saturated heterocycles. The first-order valence-corrected chi connectivity index (χ1v) is 6.04. The third kappa shape index (κ3) is 1.21. The first-order chi connectivity index (χ1) is 7.53. The number of carbonyl (C=O) groups excluding carboxylic acids is 1. The summed E-state index contributed by atoms with van der Waals surface area (Å²) in [4.78, 5) is 11.3. The molecule has 3 heteroatoms. The first kappa shape index (κ1) is 10.3. The maximum Gasteiger partial charge on any atom is 0.330 e. The zero-order valence-electron chi connectivity index (χ0n) is 9.81. The van der Waals surface area contributed by atoms with Crippen molar-refractivity contribution in [3.8, 4) is 0 Å². The van der Waals surface area contributed by atoms with Crippen LogP contribution in [0.25, 0.3) is 0 Å². The predicted molar refractivity (Wildman–Crippen MR) is 58.7 cm³/mol. The standard InChI is InChI=1S/C13H18O3/c1-4-10(14)15-11-7-5-8-9(6-7)13(2,3)16-12(8)11/h4,7-9,11-12H,1,5-6H2,2-3H3. The van der Waals surface area contributed by atoms with Gasteiger partial charge in [-0.25, -0.2) is 4.79 Å². The van der Waals surface area contributed by atoms with Crippen LogP contribution in [0.5, 0.6) is 0 Å². The molecule has 3 nitrogen and oxygen atoms in total. The van der Waals surface area contributed by atoms with Gasteiger partial charge >= 0.3 is 5.97 Å². The van der Waals surface area contributed by atoms with E-state index < -0.39 is 0 Å². The summed E-state index contributed by atoms with van der Waals surface area (Å²) in [5.41, 5.74) is -0.0422. The van der Waals surface area contributed by atoms with Crippen molar-refractivity contribution < 1.29 is 14.3 Å². The van der Waals surface area contributed by atoms with Crippen LogP contribution < -0.4 is 0 Å². The molecule has 0 radical (unpaired) electrons. The van der Waals surface area contributed by atoms with Gasteiger partial charge in [0.15, 0.2) is 0 Å². The average Bonchev–Trinajstić information content (AvgIpc) is 2.81. The molecule has 3 aliphatic rings. The highest BCUT2D eigenvalue weighted by Crippen LogP contribution is 2.60. The minimum absolute atomic E-state index is 0.0338. The van der Waals surface area contributed by atoms with E-state index in [4.69, 9.17) is 9.47 Å². The molecule has 2 aliphatic carbocycles. The maximum absolute atomic E-state index is 11.3. The van der Waals surface area contributed by atoms with Crippen molar-refractivity contribution in [2.24, 2.45) is 17.8 Å². The Hall–Kier alpha value is -0.830. The molecular formula is C13H18O3. The van der Waals surface area contributed by atoms with E-state index in [1.54, 1.807) is 0 Å². The Kier molecular flexibility index (Phi) is 2.00. The molecule has 0 spiro atoms. The van der Waals surface area contributed by atoms with E-state index in [-0.39, 0.29) is 23.8 Å². The van der Waals surface area contributed by atoms with Crippen LogP contribution in [0.4, 0.5) is 0 Å². The normalized spacial score (nSPS) is 47.0. The lowest BCUT2D eigenvalue weighted by molar-refractivity contribution is -0.154. The van der Waals surface area contributed by atoms with Crippen molar-refractivity contribution in [1.29, 1.82) is 0 Å². The Labute approximate surface area is 95.8 Å². The molecule has 3 rings (SSSR count). The summed E-state index contributed by atoms with van der Waals surface area (Å²) in [5, 5.41) is 0. The van der Waals surface area contributed by atoms with Gasteiger partial charge in [-0.15, -0.1) is 0 Å². The third-order valence-corrected chi connectivity index (χ3v) is 4.61. The second-order valence-corrected chi connectivity index (χ2v) is 5.79. The van der Waals surface area contributed by atoms with E-state index in [0.29, 0.717) is 17.8 Å². The van der Waals surface area contributed by atoms with Crippen molar-refractivity contribution in [2.75, 3.05) is 0 Å². The van der Waals surface area contributed by atoms with Crippen molar-refractivity contribution >= 4 is 5.97 Å². The molecule has 16 heavy (non-hydrogen) atoms. The number of carbonyl (C=O) groups is 1. The van der Waals surface area contributed by atoms with Crippen LogP contribution in [-0.2, 0) is 14.3 Å². The fourth-order valence-corrected chi connectivity index (χ4v) is 3.99. The van der Waals surface area contributed by atoms with Gasteiger partial charge in [-0.05, 0) is 44.4 Å². The second kappa shape index (κ2) is 3.10. The molecule has 3 fully saturated rings. The molecular weight excluding hydrogens is 204 g/mol. The minimum atomic E-state index is -0.317. The summed E-state index contributed by atoms with van der Waals surface area (Å²) in [7, 11) is 0. The lowest BCUT2D eigenvalue weighted by Crippen LogP contribution is -2.35. The lowest BCUT2D eigenvalue weighted by atomic mass is 9.80. The Morgan fingerprint density at radius 2 is 2.25 bits per heavy atom. The van der Waals surface area contributed by atoms with E-state index in [0.717, 1.165) is 12.8 Å². The largest absolute Gasteiger partial charge is 0.456 e. The van der Waals surface area contributed by atoms with E-state index >= 15 is 0 Å². The zero-order chi connectivity index (χ0) is 11.5. The molecule has 2 bridgehead atoms. The van der Waals surface area contributed by atoms with Crippen LogP contribution in [0.2, 0.25) is 0 Å². The van der Waals surface area contributed by atoms with Gasteiger partial charge in [0.25, 0.3) is 0 Å². The lowest BCUT2D eigenvalue weighted by Gasteiger charge is -2.26. The van der Waals surface area contributed by atoms with E-state index in [1.807, 2.05) is 0 Å². The summed E-state index contributed by atoms with van der Waals surface area (Å²) < 4.78 is 11.5. The number of esters is 1. The second-order valence-electron chi connectivity index (χ2n) is 5.79. The highest BCUT2D eigenvalue weighted by atomic mass is 16.6. The highest BCUT2D eigenvalue weighted by molar-refractivity contribution is 5.81. The van der Waals surface area contributed by atoms with E-state index in [9.17, 15) is 4.79 Å². The molecule has 0 aromatic heterocycles. The Balaban J connectivity index is 1.81. The summed E-state index contributed by atoms with van der Waals surface area (Å²) in [6, 6.07) is 0. The first-order valence-electron chi connectivity index (χ1n) is 6.04. The average molecular weight is 222 g/mol. The minimum Gasteiger partial charge on any atom is -0.456 e. The van der Waals surface area contributed by atoms with E-state index in [1.165, 1.54) is 6.08 Å². The Morgan fingerprint density at radius 3 is 2.94 bits per heavy atom. The van der Waals surface area contributed by atoms with Gasteiger partial charge in [0.1, 0.15) is 6.10 Å². The molecule has 0 aromatic rings. The molecule has 2 saturated carbocycles. The Bertz CT molecular complexity index is 347. The fraction of sp³-hybridized carbons (Fsp3) is 0.769. The molecule has 1 heterocycles. The highest BCUT2D eigenvalue weighted by Gasteiger charge is 2.64. The van der Waals surface area contributed by atoms with Gasteiger partial charge in [-0.2, -0.15) is 0 Å². The quantitative estimate of drug-likeness (QED) is 0.529. The third-order valence-electron chi connectivity index (χ3n) is 4.61. The Morgan fingerprint density at radius 1 is 1.50 bits per heavy atom. The van der Waals surface area contributed by atoms with Crippen molar-refractivity contribution in [1.82, 2.24) is 0 Å². The molecule has 5 atom stereocenters. The number of ether oxygens (including phenoxy) is 2. The summed E-state index contributed by atoms with van der Waals surface area (Å²) >= 11 is 0. The number of hydrogen-bond donors (Lipinski definition) is 0. The number of fused-ring (bicyclic) bond motifs is 1. The van der Waals surface area contributed by atoms with Gasteiger partial charge in [0.2, 0.25) is 0 Å². The van der Waals surface area contributed by atoms with Crippen LogP contribution in [0.1, 0.15) is 26.7 Å². The van der Waals surface area contributed by atoms with Crippen LogP contribution in [0, 0.1) is 17.8 Å². The molecule has 0 N–H and O–H groups in total. The van der Waals surface area contributed by atoms with Crippen LogP contribution in [-0.4, -0.2) is 23.8 Å². The van der Waals surface area contributed by atoms with Gasteiger partial charge in [0, 0.05) is 6.08 Å². The SMILES string of the molecule is C=CC(=O)OC1C2CC3C1OC(C)(C)C3C2. The molecule has 5 unspecified atom stereocenters. The van der Waals surface area contributed by atoms with Crippen molar-refractivity contribution in [2.45, 2.75) is 44.5 Å². The van der Waals surface area contributed by atoms with Crippen molar-refractivity contribution in [3.63, 3.8) is 0 Å². The van der Waals surface area contributed by atoms with Gasteiger partial charge < -0.3 is 9.47 Å². The van der Waals surface area contributed by atoms with E-state index in [2.05, 4.69) is 20.4 Å². The molecule has 88 valence electrons. The fourth-order valence-electron chi connectivity index (χ4n) is 3.99. The smallest absolute Gasteiger partial charge is 0.330 e. The topological polar surface area (TPSA) is 35.5 Å². The maximum atomic E-state index is 11.3. The molecule has 0 amide bonds. The summed E-state index contributed by atoms with van der Waals surface area (Å²) in [6.45, 7) is 7.75. The number of rotatable bonds is 2. The molecule has 1 aliphatic heterocycles. The predicted octanol–water partition coefficient (Wildman–Crippen LogP) is 1.92. The van der Waals surface area contributed by atoms with Gasteiger partial charge in [0.05, 0.1) is 11.7 Å². The van der Waals surface area contributed by atoms with Gasteiger partial charge in [-0.1, -0.05) is 6.58 Å². The molecule has 0 aromatic carbocycles.